The van der Waals surface area contributed by atoms with Crippen molar-refractivity contribution >= 4 is 33.4 Å². The van der Waals surface area contributed by atoms with E-state index in [9.17, 15) is 4.79 Å². The predicted octanol–water partition coefficient (Wildman–Crippen LogP) is 3.14. The summed E-state index contributed by atoms with van der Waals surface area (Å²) in [5, 5.41) is 11.6. The standard InChI is InChI=1S/C11H10BrClN2O/c12-10-7-8(13)3-4-9(10)11(16)15-6-2-1-5-14/h3-4,7H,1-2,6H2,(H,15,16). The number of carbonyl (C=O) groups is 1. The quantitative estimate of drug-likeness (QED) is 0.869. The summed E-state index contributed by atoms with van der Waals surface area (Å²) in [7, 11) is 0. The Morgan fingerprint density at radius 1 is 1.56 bits per heavy atom. The lowest BCUT2D eigenvalue weighted by molar-refractivity contribution is 0.0952. The van der Waals surface area contributed by atoms with Crippen molar-refractivity contribution in [3.8, 4) is 6.07 Å². The first-order valence-electron chi connectivity index (χ1n) is 4.75. The molecule has 0 unspecified atom stereocenters. The number of amides is 1. The Balaban J connectivity index is 2.57. The van der Waals surface area contributed by atoms with Crippen molar-refractivity contribution in [3.63, 3.8) is 0 Å². The van der Waals surface area contributed by atoms with Crippen LogP contribution in [0.4, 0.5) is 0 Å². The van der Waals surface area contributed by atoms with Crippen LogP contribution in [0.1, 0.15) is 23.2 Å². The highest BCUT2D eigenvalue weighted by atomic mass is 79.9. The zero-order chi connectivity index (χ0) is 12.0. The molecule has 0 atom stereocenters. The second-order valence-corrected chi connectivity index (χ2v) is 4.43. The van der Waals surface area contributed by atoms with Crippen LogP contribution in [0.25, 0.3) is 0 Å². The van der Waals surface area contributed by atoms with Crippen molar-refractivity contribution in [2.24, 2.45) is 0 Å². The molecule has 0 aromatic heterocycles. The van der Waals surface area contributed by atoms with Gasteiger partial charge in [0.15, 0.2) is 0 Å². The molecule has 1 rings (SSSR count). The fourth-order valence-electron chi connectivity index (χ4n) is 1.14. The number of benzene rings is 1. The third-order valence-corrected chi connectivity index (χ3v) is 2.82. The highest BCUT2D eigenvalue weighted by Crippen LogP contribution is 2.21. The summed E-state index contributed by atoms with van der Waals surface area (Å²) in [5.41, 5.74) is 0.543. The molecule has 0 spiro atoms. The maximum atomic E-state index is 11.7. The summed E-state index contributed by atoms with van der Waals surface area (Å²) in [6.07, 6.45) is 1.11. The summed E-state index contributed by atoms with van der Waals surface area (Å²) in [6.45, 7) is 0.501. The van der Waals surface area contributed by atoms with E-state index in [2.05, 4.69) is 21.2 Å². The Morgan fingerprint density at radius 3 is 2.94 bits per heavy atom. The highest BCUT2D eigenvalue weighted by Gasteiger charge is 2.09. The van der Waals surface area contributed by atoms with E-state index in [1.807, 2.05) is 6.07 Å². The number of hydrogen-bond donors (Lipinski definition) is 1. The monoisotopic (exact) mass is 300 g/mol. The van der Waals surface area contributed by atoms with Gasteiger partial charge in [0.1, 0.15) is 0 Å². The van der Waals surface area contributed by atoms with Crippen LogP contribution in [0.2, 0.25) is 5.02 Å². The van der Waals surface area contributed by atoms with E-state index in [4.69, 9.17) is 16.9 Å². The van der Waals surface area contributed by atoms with Gasteiger partial charge in [0.05, 0.1) is 11.6 Å². The minimum absolute atomic E-state index is 0.165. The number of rotatable bonds is 4. The number of hydrogen-bond acceptors (Lipinski definition) is 2. The van der Waals surface area contributed by atoms with Crippen molar-refractivity contribution in [2.75, 3.05) is 6.54 Å². The molecule has 3 nitrogen and oxygen atoms in total. The average Bonchev–Trinajstić information content (AvgIpc) is 2.24. The number of nitriles is 1. The second kappa shape index (κ2) is 6.51. The van der Waals surface area contributed by atoms with Crippen molar-refractivity contribution in [1.29, 1.82) is 5.26 Å². The molecule has 5 heteroatoms. The van der Waals surface area contributed by atoms with E-state index in [1.54, 1.807) is 18.2 Å². The van der Waals surface area contributed by atoms with E-state index >= 15 is 0 Å². The minimum atomic E-state index is -0.165. The number of nitrogens with one attached hydrogen (secondary N) is 1. The summed E-state index contributed by atoms with van der Waals surface area (Å²) in [4.78, 5) is 11.7. The van der Waals surface area contributed by atoms with Crippen molar-refractivity contribution in [2.45, 2.75) is 12.8 Å². The number of nitrogens with zero attached hydrogens (tertiary/aromatic N) is 1. The van der Waals surface area contributed by atoms with Crippen molar-refractivity contribution < 1.29 is 4.79 Å². The molecule has 0 aliphatic heterocycles. The molecule has 0 saturated heterocycles. The SMILES string of the molecule is N#CCCCNC(=O)c1ccc(Cl)cc1Br. The van der Waals surface area contributed by atoms with Gasteiger partial charge in [-0.15, -0.1) is 0 Å². The molecule has 16 heavy (non-hydrogen) atoms. The molecule has 1 aromatic carbocycles. The van der Waals surface area contributed by atoms with Gasteiger partial charge in [0.2, 0.25) is 0 Å². The third-order valence-electron chi connectivity index (χ3n) is 1.93. The zero-order valence-electron chi connectivity index (χ0n) is 8.46. The van der Waals surface area contributed by atoms with Crippen LogP contribution in [0.5, 0.6) is 0 Å². The smallest absolute Gasteiger partial charge is 0.252 e. The van der Waals surface area contributed by atoms with Crippen molar-refractivity contribution in [3.05, 3.63) is 33.3 Å². The lowest BCUT2D eigenvalue weighted by atomic mass is 10.2. The third kappa shape index (κ3) is 3.84. The van der Waals surface area contributed by atoms with Gasteiger partial charge in [-0.1, -0.05) is 11.6 Å². The van der Waals surface area contributed by atoms with Crippen LogP contribution in [0, 0.1) is 11.3 Å². The lowest BCUT2D eigenvalue weighted by Gasteiger charge is -2.05. The van der Waals surface area contributed by atoms with Crippen molar-refractivity contribution in [1.82, 2.24) is 5.32 Å². The summed E-state index contributed by atoms with van der Waals surface area (Å²) >= 11 is 9.04. The Hall–Kier alpha value is -1.05. The topological polar surface area (TPSA) is 52.9 Å². The normalized spacial score (nSPS) is 9.56. The maximum Gasteiger partial charge on any atom is 0.252 e. The van der Waals surface area contributed by atoms with E-state index in [1.165, 1.54) is 0 Å². The molecule has 1 N–H and O–H groups in total. The van der Waals surface area contributed by atoms with E-state index in [0.29, 0.717) is 34.4 Å². The largest absolute Gasteiger partial charge is 0.352 e. The minimum Gasteiger partial charge on any atom is -0.352 e. The molecule has 0 heterocycles. The van der Waals surface area contributed by atoms with Crippen LogP contribution in [0.15, 0.2) is 22.7 Å². The van der Waals surface area contributed by atoms with Gasteiger partial charge in [0.25, 0.3) is 5.91 Å². The second-order valence-electron chi connectivity index (χ2n) is 3.14. The fraction of sp³-hybridized carbons (Fsp3) is 0.273. The maximum absolute atomic E-state index is 11.7. The Labute approximate surface area is 108 Å². The first kappa shape index (κ1) is 13.0. The van der Waals surface area contributed by atoms with Gasteiger partial charge in [-0.05, 0) is 40.5 Å². The van der Waals surface area contributed by atoms with Gasteiger partial charge >= 0.3 is 0 Å². The van der Waals surface area contributed by atoms with Crippen LogP contribution >= 0.6 is 27.5 Å². The molecule has 1 aromatic rings. The van der Waals surface area contributed by atoms with Gasteiger partial charge in [0, 0.05) is 22.5 Å². The number of unbranched alkanes of at least 4 members (excludes halogenated alkanes) is 1. The lowest BCUT2D eigenvalue weighted by Crippen LogP contribution is -2.24. The molecule has 0 fully saturated rings. The molecule has 1 amide bonds. The Bertz CT molecular complexity index is 428. The molecule has 0 aliphatic carbocycles. The molecule has 0 bridgehead atoms. The highest BCUT2D eigenvalue weighted by molar-refractivity contribution is 9.10. The first-order valence-corrected chi connectivity index (χ1v) is 5.92. The molecule has 84 valence electrons. The zero-order valence-corrected chi connectivity index (χ0v) is 10.8. The first-order chi connectivity index (χ1) is 7.65. The van der Waals surface area contributed by atoms with Crippen LogP contribution < -0.4 is 5.32 Å². The van der Waals surface area contributed by atoms with Gasteiger partial charge < -0.3 is 5.32 Å². The van der Waals surface area contributed by atoms with Crippen LogP contribution in [0.3, 0.4) is 0 Å². The summed E-state index contributed by atoms with van der Waals surface area (Å²) in [6, 6.07) is 7.02. The number of halogens is 2. The average molecular weight is 302 g/mol. The van der Waals surface area contributed by atoms with E-state index in [-0.39, 0.29) is 5.91 Å². The summed E-state index contributed by atoms with van der Waals surface area (Å²) < 4.78 is 0.665. The molecular formula is C11H10BrClN2O. The van der Waals surface area contributed by atoms with Gasteiger partial charge in [-0.25, -0.2) is 0 Å². The van der Waals surface area contributed by atoms with Gasteiger partial charge in [-0.2, -0.15) is 5.26 Å². The summed E-state index contributed by atoms with van der Waals surface area (Å²) in [5.74, 6) is -0.165. The molecular weight excluding hydrogens is 291 g/mol. The Morgan fingerprint density at radius 2 is 2.31 bits per heavy atom. The predicted molar refractivity (Wildman–Crippen MR) is 66.3 cm³/mol. The van der Waals surface area contributed by atoms with E-state index in [0.717, 1.165) is 0 Å². The van der Waals surface area contributed by atoms with E-state index < -0.39 is 0 Å². The number of carbonyl (C=O) groups excluding carboxylic acids is 1. The van der Waals surface area contributed by atoms with Crippen LogP contribution in [-0.4, -0.2) is 12.5 Å². The Kier molecular flexibility index (Phi) is 5.30. The fourth-order valence-corrected chi connectivity index (χ4v) is 2.00. The van der Waals surface area contributed by atoms with Crippen LogP contribution in [-0.2, 0) is 0 Å². The molecule has 0 radical (unpaired) electrons. The molecule has 0 aliphatic rings. The van der Waals surface area contributed by atoms with Gasteiger partial charge in [-0.3, -0.25) is 4.79 Å². The molecule has 0 saturated carbocycles.